The van der Waals surface area contributed by atoms with E-state index in [2.05, 4.69) is 50.3 Å². The summed E-state index contributed by atoms with van der Waals surface area (Å²) >= 11 is 0. The van der Waals surface area contributed by atoms with Gasteiger partial charge in [0.25, 0.3) is 0 Å². The number of amides is 1. The summed E-state index contributed by atoms with van der Waals surface area (Å²) in [5.74, 6) is 0.187. The van der Waals surface area contributed by atoms with Crippen LogP contribution in [0.1, 0.15) is 19.3 Å². The fourth-order valence-corrected chi connectivity index (χ4v) is 3.73. The first-order valence-corrected chi connectivity index (χ1v) is 10.4. The van der Waals surface area contributed by atoms with Crippen LogP contribution in [0.15, 0.2) is 30.3 Å². The topological polar surface area (TPSA) is 48.1 Å². The molecular formula is C21H34N4O2. The maximum Gasteiger partial charge on any atom is 0.221 e. The van der Waals surface area contributed by atoms with E-state index >= 15 is 0 Å². The van der Waals surface area contributed by atoms with Crippen molar-refractivity contribution in [1.82, 2.24) is 15.1 Å². The Kier molecular flexibility index (Phi) is 8.39. The molecule has 6 heteroatoms. The Morgan fingerprint density at radius 2 is 1.59 bits per heavy atom. The highest BCUT2D eigenvalue weighted by atomic mass is 16.5. The summed E-state index contributed by atoms with van der Waals surface area (Å²) in [6.07, 6.45) is 2.80. The summed E-state index contributed by atoms with van der Waals surface area (Å²) in [6.45, 7) is 10.7. The summed E-state index contributed by atoms with van der Waals surface area (Å²) in [5.41, 5.74) is 1.30. The Labute approximate surface area is 163 Å². The molecule has 0 aliphatic carbocycles. The number of carbonyl (C=O) groups excluding carboxylic acids is 1. The quantitative estimate of drug-likeness (QED) is 0.663. The zero-order chi connectivity index (χ0) is 18.7. The van der Waals surface area contributed by atoms with E-state index < -0.39 is 0 Å². The van der Waals surface area contributed by atoms with Crippen molar-refractivity contribution < 1.29 is 9.53 Å². The first-order valence-electron chi connectivity index (χ1n) is 10.4. The number of morpholine rings is 1. The number of unbranched alkanes of at least 4 members (excludes halogenated alkanes) is 1. The molecule has 0 saturated carbocycles. The molecule has 2 aliphatic heterocycles. The third kappa shape index (κ3) is 7.13. The fourth-order valence-electron chi connectivity index (χ4n) is 3.73. The maximum absolute atomic E-state index is 12.1. The van der Waals surface area contributed by atoms with Crippen LogP contribution in [0.2, 0.25) is 0 Å². The largest absolute Gasteiger partial charge is 0.379 e. The van der Waals surface area contributed by atoms with Gasteiger partial charge >= 0.3 is 0 Å². The molecule has 1 N–H and O–H groups in total. The number of nitrogens with one attached hydrogen (secondary N) is 1. The molecule has 0 bridgehead atoms. The molecule has 0 aromatic heterocycles. The van der Waals surface area contributed by atoms with Gasteiger partial charge in [-0.25, -0.2) is 0 Å². The van der Waals surface area contributed by atoms with Gasteiger partial charge in [-0.3, -0.25) is 14.6 Å². The van der Waals surface area contributed by atoms with Crippen molar-refractivity contribution in [1.29, 1.82) is 0 Å². The third-order valence-electron chi connectivity index (χ3n) is 5.48. The molecule has 27 heavy (non-hydrogen) atoms. The minimum atomic E-state index is 0.187. The van der Waals surface area contributed by atoms with Crippen molar-refractivity contribution >= 4 is 11.6 Å². The van der Waals surface area contributed by atoms with Gasteiger partial charge in [-0.05, 0) is 31.5 Å². The number of benzene rings is 1. The summed E-state index contributed by atoms with van der Waals surface area (Å²) < 4.78 is 5.36. The van der Waals surface area contributed by atoms with Crippen LogP contribution in [-0.2, 0) is 9.53 Å². The molecule has 2 fully saturated rings. The Bertz CT molecular complexity index is 540. The van der Waals surface area contributed by atoms with Crippen LogP contribution in [0.4, 0.5) is 5.69 Å². The van der Waals surface area contributed by atoms with Crippen LogP contribution in [0.25, 0.3) is 0 Å². The lowest BCUT2D eigenvalue weighted by Gasteiger charge is -2.36. The van der Waals surface area contributed by atoms with Crippen LogP contribution < -0.4 is 10.2 Å². The predicted molar refractivity (Wildman–Crippen MR) is 109 cm³/mol. The number of para-hydroxylation sites is 1. The van der Waals surface area contributed by atoms with Crippen molar-refractivity contribution in [2.45, 2.75) is 19.3 Å². The number of piperazine rings is 1. The van der Waals surface area contributed by atoms with Crippen molar-refractivity contribution in [2.75, 3.05) is 77.0 Å². The highest BCUT2D eigenvalue weighted by Crippen LogP contribution is 2.15. The van der Waals surface area contributed by atoms with E-state index in [9.17, 15) is 4.79 Å². The monoisotopic (exact) mass is 374 g/mol. The van der Waals surface area contributed by atoms with Gasteiger partial charge in [0.1, 0.15) is 0 Å². The maximum atomic E-state index is 12.1. The van der Waals surface area contributed by atoms with Crippen LogP contribution >= 0.6 is 0 Å². The molecule has 0 atom stereocenters. The number of ether oxygens (including phenoxy) is 1. The number of rotatable bonds is 9. The fraction of sp³-hybridized carbons (Fsp3) is 0.667. The van der Waals surface area contributed by atoms with E-state index in [0.29, 0.717) is 6.42 Å². The first-order chi connectivity index (χ1) is 13.3. The van der Waals surface area contributed by atoms with Crippen molar-refractivity contribution in [3.63, 3.8) is 0 Å². The number of hydrogen-bond donors (Lipinski definition) is 1. The van der Waals surface area contributed by atoms with Gasteiger partial charge in [0.15, 0.2) is 0 Å². The summed E-state index contributed by atoms with van der Waals surface area (Å²) in [6, 6.07) is 10.6. The average Bonchev–Trinajstić information content (AvgIpc) is 2.74. The lowest BCUT2D eigenvalue weighted by Crippen LogP contribution is -2.47. The zero-order valence-corrected chi connectivity index (χ0v) is 16.4. The minimum Gasteiger partial charge on any atom is -0.379 e. The second kappa shape index (κ2) is 11.3. The molecule has 150 valence electrons. The Balaban J connectivity index is 1.20. The lowest BCUT2D eigenvalue weighted by atomic mass is 10.2. The molecule has 1 aromatic rings. The van der Waals surface area contributed by atoms with Crippen LogP contribution in [0.5, 0.6) is 0 Å². The Morgan fingerprint density at radius 1 is 0.889 bits per heavy atom. The molecule has 0 radical (unpaired) electrons. The molecule has 2 aliphatic rings. The number of carbonyl (C=O) groups is 1. The van der Waals surface area contributed by atoms with E-state index in [1.54, 1.807) is 0 Å². The normalized spacial score (nSPS) is 19.2. The standard InChI is InChI=1S/C21H34N4O2/c26-21(22-9-4-5-10-23-16-18-27-19-17-23)8-11-24-12-14-25(15-13-24)20-6-2-1-3-7-20/h1-3,6-7H,4-5,8-19H2,(H,22,26). The van der Waals surface area contributed by atoms with E-state index in [4.69, 9.17) is 4.74 Å². The third-order valence-corrected chi connectivity index (χ3v) is 5.48. The predicted octanol–water partition coefficient (Wildman–Crippen LogP) is 1.43. The number of anilines is 1. The highest BCUT2D eigenvalue weighted by molar-refractivity contribution is 5.76. The number of hydrogen-bond acceptors (Lipinski definition) is 5. The van der Waals surface area contributed by atoms with Crippen LogP contribution in [0, 0.1) is 0 Å². The van der Waals surface area contributed by atoms with Crippen molar-refractivity contribution in [3.05, 3.63) is 30.3 Å². The summed E-state index contributed by atoms with van der Waals surface area (Å²) in [7, 11) is 0. The van der Waals surface area contributed by atoms with Crippen molar-refractivity contribution in [2.24, 2.45) is 0 Å². The van der Waals surface area contributed by atoms with Crippen molar-refractivity contribution in [3.8, 4) is 0 Å². The van der Waals surface area contributed by atoms with Crippen LogP contribution in [0.3, 0.4) is 0 Å². The second-order valence-electron chi connectivity index (χ2n) is 7.43. The Hall–Kier alpha value is -1.63. The molecule has 2 heterocycles. The van der Waals surface area contributed by atoms with Gasteiger partial charge in [0.05, 0.1) is 13.2 Å². The first kappa shape index (κ1) is 20.1. The molecule has 0 unspecified atom stereocenters. The van der Waals surface area contributed by atoms with E-state index in [-0.39, 0.29) is 5.91 Å². The SMILES string of the molecule is O=C(CCN1CCN(c2ccccc2)CC1)NCCCCN1CCOCC1. The molecule has 0 spiro atoms. The van der Waals surface area contributed by atoms with E-state index in [1.165, 1.54) is 5.69 Å². The average molecular weight is 375 g/mol. The van der Waals surface area contributed by atoms with Crippen LogP contribution in [-0.4, -0.2) is 87.8 Å². The van der Waals surface area contributed by atoms with Gasteiger partial charge in [0, 0.05) is 64.5 Å². The molecule has 2 saturated heterocycles. The lowest BCUT2D eigenvalue weighted by molar-refractivity contribution is -0.121. The minimum absolute atomic E-state index is 0.187. The smallest absolute Gasteiger partial charge is 0.221 e. The molecule has 6 nitrogen and oxygen atoms in total. The summed E-state index contributed by atoms with van der Waals surface area (Å²) in [5, 5.41) is 3.08. The van der Waals surface area contributed by atoms with Gasteiger partial charge in [-0.2, -0.15) is 0 Å². The van der Waals surface area contributed by atoms with Gasteiger partial charge in [-0.15, -0.1) is 0 Å². The van der Waals surface area contributed by atoms with Gasteiger partial charge in [0.2, 0.25) is 5.91 Å². The molecule has 1 aromatic carbocycles. The zero-order valence-electron chi connectivity index (χ0n) is 16.4. The Morgan fingerprint density at radius 3 is 2.33 bits per heavy atom. The number of nitrogens with zero attached hydrogens (tertiary/aromatic N) is 3. The molecule has 3 rings (SSSR count). The van der Waals surface area contributed by atoms with E-state index in [0.717, 1.165) is 85.0 Å². The second-order valence-corrected chi connectivity index (χ2v) is 7.43. The highest BCUT2D eigenvalue weighted by Gasteiger charge is 2.17. The van der Waals surface area contributed by atoms with E-state index in [1.807, 2.05) is 0 Å². The molecular weight excluding hydrogens is 340 g/mol. The van der Waals surface area contributed by atoms with Gasteiger partial charge in [-0.1, -0.05) is 18.2 Å². The summed E-state index contributed by atoms with van der Waals surface area (Å²) in [4.78, 5) is 19.3. The molecule has 1 amide bonds. The van der Waals surface area contributed by atoms with Gasteiger partial charge < -0.3 is 15.0 Å².